The molecule has 2 aromatic carbocycles. The highest BCUT2D eigenvalue weighted by Crippen LogP contribution is 2.15. The quantitative estimate of drug-likeness (QED) is 0.929. The number of amides is 2. The number of hydrogen-bond acceptors (Lipinski definition) is 4. The van der Waals surface area contributed by atoms with Gasteiger partial charge in [-0.25, -0.2) is 9.59 Å². The van der Waals surface area contributed by atoms with Gasteiger partial charge in [0.2, 0.25) is 0 Å². The van der Waals surface area contributed by atoms with Gasteiger partial charge in [0.15, 0.2) is 0 Å². The van der Waals surface area contributed by atoms with Gasteiger partial charge < -0.3 is 19.7 Å². The summed E-state index contributed by atoms with van der Waals surface area (Å²) in [5.74, 6) is 1.03. The molecule has 0 aliphatic carbocycles. The Balaban J connectivity index is 1.42. The number of nitrogens with zero attached hydrogens (tertiary/aromatic N) is 1. The first-order chi connectivity index (χ1) is 12.2. The molecule has 0 saturated carbocycles. The average molecular weight is 340 g/mol. The van der Waals surface area contributed by atoms with Crippen molar-refractivity contribution >= 4 is 12.2 Å². The summed E-state index contributed by atoms with van der Waals surface area (Å²) in [4.78, 5) is 25.7. The summed E-state index contributed by atoms with van der Waals surface area (Å²) in [7, 11) is 0. The molecule has 0 bridgehead atoms. The molecule has 1 saturated heterocycles. The van der Waals surface area contributed by atoms with E-state index in [0.717, 1.165) is 0 Å². The highest BCUT2D eigenvalue weighted by Gasteiger charge is 2.25. The van der Waals surface area contributed by atoms with E-state index in [2.05, 4.69) is 5.32 Å². The minimum absolute atomic E-state index is 0.0167. The van der Waals surface area contributed by atoms with Crippen LogP contribution in [0.1, 0.15) is 12.8 Å². The van der Waals surface area contributed by atoms with Crippen LogP contribution >= 0.6 is 0 Å². The first-order valence-electron chi connectivity index (χ1n) is 8.26. The van der Waals surface area contributed by atoms with Gasteiger partial charge in [0.1, 0.15) is 11.5 Å². The molecule has 0 atom stereocenters. The maximum Gasteiger partial charge on any atom is 0.415 e. The van der Waals surface area contributed by atoms with Crippen molar-refractivity contribution in [1.82, 2.24) is 10.2 Å². The summed E-state index contributed by atoms with van der Waals surface area (Å²) in [5.41, 5.74) is 0. The summed E-state index contributed by atoms with van der Waals surface area (Å²) < 4.78 is 10.5. The maximum absolute atomic E-state index is 12.1. The third-order valence-electron chi connectivity index (χ3n) is 3.98. The molecule has 3 rings (SSSR count). The fraction of sp³-hybridized carbons (Fsp3) is 0.263. The number of para-hydroxylation sites is 2. The average Bonchev–Trinajstić information content (AvgIpc) is 2.64. The number of piperidine rings is 1. The Morgan fingerprint density at radius 3 is 1.92 bits per heavy atom. The van der Waals surface area contributed by atoms with Crippen LogP contribution < -0.4 is 14.8 Å². The lowest BCUT2D eigenvalue weighted by atomic mass is 10.1. The molecule has 0 aromatic heterocycles. The predicted octanol–water partition coefficient (Wildman–Crippen LogP) is 3.44. The van der Waals surface area contributed by atoms with E-state index in [1.54, 1.807) is 41.3 Å². The first-order valence-corrected chi connectivity index (χ1v) is 8.26. The van der Waals surface area contributed by atoms with Crippen molar-refractivity contribution in [2.24, 2.45) is 0 Å². The second-order valence-corrected chi connectivity index (χ2v) is 5.79. The number of ether oxygens (including phenoxy) is 2. The minimum Gasteiger partial charge on any atom is -0.410 e. The molecule has 1 heterocycles. The Morgan fingerprint density at radius 1 is 0.840 bits per heavy atom. The fourth-order valence-electron chi connectivity index (χ4n) is 2.65. The monoisotopic (exact) mass is 340 g/mol. The molecular weight excluding hydrogens is 320 g/mol. The van der Waals surface area contributed by atoms with Crippen LogP contribution in [0.3, 0.4) is 0 Å². The Hall–Kier alpha value is -3.02. The van der Waals surface area contributed by atoms with E-state index >= 15 is 0 Å². The number of likely N-dealkylation sites (tertiary alicyclic amines) is 1. The Kier molecular flexibility index (Phi) is 5.51. The molecule has 2 amide bonds. The van der Waals surface area contributed by atoms with Crippen LogP contribution in [0, 0.1) is 0 Å². The lowest BCUT2D eigenvalue weighted by Gasteiger charge is -2.31. The van der Waals surface area contributed by atoms with Crippen molar-refractivity contribution in [3.05, 3.63) is 60.7 Å². The van der Waals surface area contributed by atoms with E-state index in [1.165, 1.54) is 0 Å². The Bertz CT molecular complexity index is 698. The molecule has 130 valence electrons. The summed E-state index contributed by atoms with van der Waals surface area (Å²) in [6, 6.07) is 17.9. The number of benzene rings is 2. The SMILES string of the molecule is O=C(NC1CCN(C(=O)Oc2ccccc2)CC1)Oc1ccccc1. The van der Waals surface area contributed by atoms with E-state index in [0.29, 0.717) is 37.4 Å². The van der Waals surface area contributed by atoms with Gasteiger partial charge in [0, 0.05) is 19.1 Å². The van der Waals surface area contributed by atoms with Crippen molar-refractivity contribution in [3.63, 3.8) is 0 Å². The first kappa shape index (κ1) is 16.8. The van der Waals surface area contributed by atoms with E-state index < -0.39 is 6.09 Å². The van der Waals surface area contributed by atoms with Gasteiger partial charge in [0.25, 0.3) is 0 Å². The predicted molar refractivity (Wildman–Crippen MR) is 92.7 cm³/mol. The number of nitrogens with one attached hydrogen (secondary N) is 1. The van der Waals surface area contributed by atoms with Gasteiger partial charge >= 0.3 is 12.2 Å². The van der Waals surface area contributed by atoms with Crippen LogP contribution in [0.5, 0.6) is 11.5 Å². The molecule has 0 unspecified atom stereocenters. The zero-order valence-corrected chi connectivity index (χ0v) is 13.8. The lowest BCUT2D eigenvalue weighted by Crippen LogP contribution is -2.47. The van der Waals surface area contributed by atoms with Gasteiger partial charge in [0.05, 0.1) is 0 Å². The third-order valence-corrected chi connectivity index (χ3v) is 3.98. The van der Waals surface area contributed by atoms with Crippen molar-refractivity contribution in [3.8, 4) is 11.5 Å². The van der Waals surface area contributed by atoms with Crippen molar-refractivity contribution < 1.29 is 19.1 Å². The lowest BCUT2D eigenvalue weighted by molar-refractivity contribution is 0.134. The van der Waals surface area contributed by atoms with Crippen LogP contribution in [-0.4, -0.2) is 36.2 Å². The summed E-state index contributed by atoms with van der Waals surface area (Å²) in [6.45, 7) is 1.06. The summed E-state index contributed by atoms with van der Waals surface area (Å²) in [5, 5.41) is 2.84. The number of carbonyl (C=O) groups is 2. The van der Waals surface area contributed by atoms with Crippen LogP contribution in [0.2, 0.25) is 0 Å². The van der Waals surface area contributed by atoms with Gasteiger partial charge in [-0.15, -0.1) is 0 Å². The fourth-order valence-corrected chi connectivity index (χ4v) is 2.65. The molecule has 0 spiro atoms. The zero-order chi connectivity index (χ0) is 17.5. The number of rotatable bonds is 3. The summed E-state index contributed by atoms with van der Waals surface area (Å²) >= 11 is 0. The van der Waals surface area contributed by atoms with Crippen LogP contribution in [-0.2, 0) is 0 Å². The van der Waals surface area contributed by atoms with Gasteiger partial charge in [-0.3, -0.25) is 0 Å². The van der Waals surface area contributed by atoms with Crippen molar-refractivity contribution in [2.45, 2.75) is 18.9 Å². The van der Waals surface area contributed by atoms with E-state index in [4.69, 9.17) is 9.47 Å². The minimum atomic E-state index is -0.475. The molecule has 2 aromatic rings. The van der Waals surface area contributed by atoms with Crippen LogP contribution in [0.15, 0.2) is 60.7 Å². The number of carbonyl (C=O) groups excluding carboxylic acids is 2. The highest BCUT2D eigenvalue weighted by atomic mass is 16.6. The number of hydrogen-bond donors (Lipinski definition) is 1. The van der Waals surface area contributed by atoms with Crippen LogP contribution in [0.4, 0.5) is 9.59 Å². The molecule has 6 heteroatoms. The summed E-state index contributed by atoms with van der Waals surface area (Å²) in [6.07, 6.45) is 0.481. The molecular formula is C19H20N2O4. The Morgan fingerprint density at radius 2 is 1.36 bits per heavy atom. The topological polar surface area (TPSA) is 67.9 Å². The van der Waals surface area contributed by atoms with E-state index in [-0.39, 0.29) is 12.1 Å². The van der Waals surface area contributed by atoms with Gasteiger partial charge in [-0.2, -0.15) is 0 Å². The molecule has 25 heavy (non-hydrogen) atoms. The van der Waals surface area contributed by atoms with Crippen LogP contribution in [0.25, 0.3) is 0 Å². The highest BCUT2D eigenvalue weighted by molar-refractivity contribution is 5.72. The largest absolute Gasteiger partial charge is 0.415 e. The zero-order valence-electron chi connectivity index (χ0n) is 13.8. The van der Waals surface area contributed by atoms with Gasteiger partial charge in [-0.05, 0) is 37.1 Å². The Labute approximate surface area is 146 Å². The molecule has 1 fully saturated rings. The smallest absolute Gasteiger partial charge is 0.410 e. The van der Waals surface area contributed by atoms with Crippen molar-refractivity contribution in [1.29, 1.82) is 0 Å². The maximum atomic E-state index is 12.1. The van der Waals surface area contributed by atoms with Gasteiger partial charge in [-0.1, -0.05) is 36.4 Å². The third kappa shape index (κ3) is 4.97. The molecule has 1 N–H and O–H groups in total. The molecule has 1 aliphatic rings. The van der Waals surface area contributed by atoms with Crippen molar-refractivity contribution in [2.75, 3.05) is 13.1 Å². The second kappa shape index (κ2) is 8.19. The van der Waals surface area contributed by atoms with E-state index in [1.807, 2.05) is 24.3 Å². The standard InChI is InChI=1S/C19H20N2O4/c22-18(24-16-7-3-1-4-8-16)20-15-11-13-21(14-12-15)19(23)25-17-9-5-2-6-10-17/h1-10,15H,11-14H2,(H,20,22). The van der Waals surface area contributed by atoms with E-state index in [9.17, 15) is 9.59 Å². The molecule has 1 aliphatic heterocycles. The second-order valence-electron chi connectivity index (χ2n) is 5.79. The molecule has 0 radical (unpaired) electrons. The molecule has 6 nitrogen and oxygen atoms in total. The normalized spacial score (nSPS) is 14.6.